The summed E-state index contributed by atoms with van der Waals surface area (Å²) in [6.45, 7) is 3.99. The van der Waals surface area contributed by atoms with E-state index in [1.165, 1.54) is 18.4 Å². The maximum atomic E-state index is 9.20. The topological polar surface area (TPSA) is 62.4 Å². The summed E-state index contributed by atoms with van der Waals surface area (Å²) >= 11 is 0. The fourth-order valence-corrected chi connectivity index (χ4v) is 3.13. The molecule has 0 aliphatic carbocycles. The fraction of sp³-hybridized carbons (Fsp3) is 0.529. The first-order valence-electron chi connectivity index (χ1n) is 8.00. The predicted molar refractivity (Wildman–Crippen MR) is 84.2 cm³/mol. The molecule has 0 radical (unpaired) electrons. The standard InChI is InChI=1S/C17H23N3O2/c1-13-5-4-6-14(11-13)17-19-18-16(22-17)12-20-9-3-2-7-15(20)8-10-21/h4-6,11,15,21H,2-3,7-10,12H2,1H3. The summed E-state index contributed by atoms with van der Waals surface area (Å²) < 4.78 is 5.83. The van der Waals surface area contributed by atoms with Crippen LogP contribution in [0.3, 0.4) is 0 Å². The van der Waals surface area contributed by atoms with Gasteiger partial charge in [0.05, 0.1) is 6.54 Å². The number of rotatable bonds is 5. The van der Waals surface area contributed by atoms with Gasteiger partial charge in [-0.3, -0.25) is 4.90 Å². The van der Waals surface area contributed by atoms with Crippen LogP contribution in [0.1, 0.15) is 37.1 Å². The molecule has 3 rings (SSSR count). The maximum Gasteiger partial charge on any atom is 0.247 e. The second kappa shape index (κ2) is 7.03. The number of hydrogen-bond donors (Lipinski definition) is 1. The van der Waals surface area contributed by atoms with E-state index >= 15 is 0 Å². The van der Waals surface area contributed by atoms with E-state index in [0.29, 0.717) is 24.4 Å². The smallest absolute Gasteiger partial charge is 0.247 e. The van der Waals surface area contributed by atoms with Crippen molar-refractivity contribution in [1.82, 2.24) is 15.1 Å². The Labute approximate surface area is 131 Å². The van der Waals surface area contributed by atoms with E-state index in [4.69, 9.17) is 4.42 Å². The number of aliphatic hydroxyl groups is 1. The Morgan fingerprint density at radius 3 is 3.05 bits per heavy atom. The summed E-state index contributed by atoms with van der Waals surface area (Å²) in [6.07, 6.45) is 4.39. The van der Waals surface area contributed by atoms with E-state index in [1.54, 1.807) is 0 Å². The normalized spacial score (nSPS) is 19.5. The van der Waals surface area contributed by atoms with Gasteiger partial charge in [-0.2, -0.15) is 0 Å². The molecular formula is C17H23N3O2. The lowest BCUT2D eigenvalue weighted by Crippen LogP contribution is -2.39. The van der Waals surface area contributed by atoms with Crippen LogP contribution in [0.5, 0.6) is 0 Å². The van der Waals surface area contributed by atoms with Gasteiger partial charge in [0.15, 0.2) is 0 Å². The zero-order chi connectivity index (χ0) is 15.4. The minimum atomic E-state index is 0.236. The molecule has 0 spiro atoms. The number of likely N-dealkylation sites (tertiary alicyclic amines) is 1. The monoisotopic (exact) mass is 301 g/mol. The van der Waals surface area contributed by atoms with E-state index < -0.39 is 0 Å². The van der Waals surface area contributed by atoms with Gasteiger partial charge in [0.2, 0.25) is 11.8 Å². The Kier molecular flexibility index (Phi) is 4.85. The number of aryl methyl sites for hydroxylation is 1. The molecule has 0 saturated carbocycles. The largest absolute Gasteiger partial charge is 0.419 e. The Hall–Kier alpha value is -1.72. The number of benzene rings is 1. The van der Waals surface area contributed by atoms with E-state index in [2.05, 4.69) is 15.1 Å². The Morgan fingerprint density at radius 1 is 1.32 bits per heavy atom. The third-order valence-corrected chi connectivity index (χ3v) is 4.28. The van der Waals surface area contributed by atoms with Crippen molar-refractivity contribution in [1.29, 1.82) is 0 Å². The van der Waals surface area contributed by atoms with Crippen LogP contribution in [0.2, 0.25) is 0 Å². The molecule has 1 N–H and O–H groups in total. The van der Waals surface area contributed by atoms with E-state index in [-0.39, 0.29) is 6.61 Å². The van der Waals surface area contributed by atoms with Crippen molar-refractivity contribution in [2.45, 2.75) is 45.2 Å². The van der Waals surface area contributed by atoms with E-state index in [1.807, 2.05) is 31.2 Å². The molecule has 2 aromatic rings. The highest BCUT2D eigenvalue weighted by atomic mass is 16.4. The number of aromatic nitrogens is 2. The molecule has 1 unspecified atom stereocenters. The van der Waals surface area contributed by atoms with Crippen molar-refractivity contribution >= 4 is 0 Å². The molecule has 0 bridgehead atoms. The van der Waals surface area contributed by atoms with Gasteiger partial charge < -0.3 is 9.52 Å². The molecule has 1 aromatic heterocycles. The molecule has 0 amide bonds. The Morgan fingerprint density at radius 2 is 2.23 bits per heavy atom. The molecule has 5 heteroatoms. The molecule has 22 heavy (non-hydrogen) atoms. The second-order valence-corrected chi connectivity index (χ2v) is 6.00. The van der Waals surface area contributed by atoms with Gasteiger partial charge in [-0.05, 0) is 44.9 Å². The first-order valence-corrected chi connectivity index (χ1v) is 8.00. The lowest BCUT2D eigenvalue weighted by molar-refractivity contribution is 0.103. The Bertz CT molecular complexity index is 609. The highest BCUT2D eigenvalue weighted by Gasteiger charge is 2.23. The first kappa shape index (κ1) is 15.2. The summed E-state index contributed by atoms with van der Waals surface area (Å²) in [7, 11) is 0. The van der Waals surface area contributed by atoms with Crippen LogP contribution in [0, 0.1) is 6.92 Å². The quantitative estimate of drug-likeness (QED) is 0.920. The van der Waals surface area contributed by atoms with Crippen LogP contribution in [-0.2, 0) is 6.54 Å². The minimum Gasteiger partial charge on any atom is -0.419 e. The molecule has 1 fully saturated rings. The third kappa shape index (κ3) is 3.54. The minimum absolute atomic E-state index is 0.236. The van der Waals surface area contributed by atoms with Crippen molar-refractivity contribution in [3.05, 3.63) is 35.7 Å². The molecule has 1 aromatic carbocycles. The number of piperidine rings is 1. The number of aliphatic hydroxyl groups excluding tert-OH is 1. The van der Waals surface area contributed by atoms with Gasteiger partial charge in [-0.1, -0.05) is 24.1 Å². The van der Waals surface area contributed by atoms with Gasteiger partial charge in [0.25, 0.3) is 0 Å². The van der Waals surface area contributed by atoms with Gasteiger partial charge in [-0.25, -0.2) is 0 Å². The van der Waals surface area contributed by atoms with Crippen LogP contribution in [0.25, 0.3) is 11.5 Å². The zero-order valence-corrected chi connectivity index (χ0v) is 13.0. The molecule has 5 nitrogen and oxygen atoms in total. The average molecular weight is 301 g/mol. The fourth-order valence-electron chi connectivity index (χ4n) is 3.13. The molecule has 118 valence electrons. The number of nitrogens with zero attached hydrogens (tertiary/aromatic N) is 3. The molecular weight excluding hydrogens is 278 g/mol. The zero-order valence-electron chi connectivity index (χ0n) is 13.0. The Balaban J connectivity index is 1.71. The molecule has 1 aliphatic heterocycles. The summed E-state index contributed by atoms with van der Waals surface area (Å²) in [5.41, 5.74) is 2.14. The predicted octanol–water partition coefficient (Wildman–Crippen LogP) is 2.78. The van der Waals surface area contributed by atoms with Gasteiger partial charge in [0, 0.05) is 18.2 Å². The number of hydrogen-bond acceptors (Lipinski definition) is 5. The van der Waals surface area contributed by atoms with Crippen molar-refractivity contribution < 1.29 is 9.52 Å². The summed E-state index contributed by atoms with van der Waals surface area (Å²) in [5.74, 6) is 1.23. The van der Waals surface area contributed by atoms with Crippen molar-refractivity contribution in [3.8, 4) is 11.5 Å². The van der Waals surface area contributed by atoms with Gasteiger partial charge in [0.1, 0.15) is 0 Å². The van der Waals surface area contributed by atoms with Crippen molar-refractivity contribution in [3.63, 3.8) is 0 Å². The third-order valence-electron chi connectivity index (χ3n) is 4.28. The highest BCUT2D eigenvalue weighted by molar-refractivity contribution is 5.53. The van der Waals surface area contributed by atoms with E-state index in [0.717, 1.165) is 24.9 Å². The maximum absolute atomic E-state index is 9.20. The summed E-state index contributed by atoms with van der Waals surface area (Å²) in [4.78, 5) is 2.35. The molecule has 1 aliphatic rings. The first-order chi connectivity index (χ1) is 10.8. The van der Waals surface area contributed by atoms with E-state index in [9.17, 15) is 5.11 Å². The lowest BCUT2D eigenvalue weighted by Gasteiger charge is -2.34. The van der Waals surface area contributed by atoms with Crippen LogP contribution in [0.4, 0.5) is 0 Å². The molecule has 2 heterocycles. The van der Waals surface area contributed by atoms with Crippen molar-refractivity contribution in [2.24, 2.45) is 0 Å². The average Bonchev–Trinajstić information content (AvgIpc) is 2.98. The van der Waals surface area contributed by atoms with Crippen LogP contribution < -0.4 is 0 Å². The van der Waals surface area contributed by atoms with Crippen molar-refractivity contribution in [2.75, 3.05) is 13.2 Å². The van der Waals surface area contributed by atoms with Crippen LogP contribution >= 0.6 is 0 Å². The van der Waals surface area contributed by atoms with Crippen LogP contribution in [-0.4, -0.2) is 39.4 Å². The molecule has 1 saturated heterocycles. The summed E-state index contributed by atoms with van der Waals surface area (Å²) in [6, 6.07) is 8.50. The summed E-state index contributed by atoms with van der Waals surface area (Å²) in [5, 5.41) is 17.6. The molecule has 1 atom stereocenters. The van der Waals surface area contributed by atoms with Crippen LogP contribution in [0.15, 0.2) is 28.7 Å². The van der Waals surface area contributed by atoms with Gasteiger partial charge >= 0.3 is 0 Å². The van der Waals surface area contributed by atoms with Gasteiger partial charge in [-0.15, -0.1) is 10.2 Å². The SMILES string of the molecule is Cc1cccc(-c2nnc(CN3CCCCC3CCO)o2)c1. The highest BCUT2D eigenvalue weighted by Crippen LogP contribution is 2.23. The second-order valence-electron chi connectivity index (χ2n) is 6.00. The lowest BCUT2D eigenvalue weighted by atomic mass is 10.00.